The summed E-state index contributed by atoms with van der Waals surface area (Å²) in [5.74, 6) is -0.954. The van der Waals surface area contributed by atoms with E-state index in [1.165, 1.54) is 12.1 Å². The zero-order valence-electron chi connectivity index (χ0n) is 18.7. The summed E-state index contributed by atoms with van der Waals surface area (Å²) >= 11 is 0. The minimum atomic E-state index is -3.63. The van der Waals surface area contributed by atoms with Gasteiger partial charge in [-0.3, -0.25) is 4.79 Å². The van der Waals surface area contributed by atoms with Crippen LogP contribution >= 0.6 is 0 Å². The van der Waals surface area contributed by atoms with Crippen molar-refractivity contribution in [2.24, 2.45) is 5.92 Å². The molecule has 0 bridgehead atoms. The maximum absolute atomic E-state index is 12.7. The fourth-order valence-corrected chi connectivity index (χ4v) is 3.21. The summed E-state index contributed by atoms with van der Waals surface area (Å²) in [4.78, 5) is 24.8. The van der Waals surface area contributed by atoms with Crippen LogP contribution in [0.15, 0.2) is 54.6 Å². The molecule has 0 saturated heterocycles. The lowest BCUT2D eigenvalue weighted by molar-refractivity contribution is -0.159. The molecule has 0 saturated carbocycles. The van der Waals surface area contributed by atoms with Crippen LogP contribution in [0.25, 0.3) is 0 Å². The van der Waals surface area contributed by atoms with Gasteiger partial charge in [-0.15, -0.1) is 0 Å². The molecule has 9 heteroatoms. The van der Waals surface area contributed by atoms with Gasteiger partial charge in [-0.2, -0.15) is 8.42 Å². The van der Waals surface area contributed by atoms with E-state index in [0.717, 1.165) is 17.4 Å². The fourth-order valence-electron chi connectivity index (χ4n) is 2.75. The summed E-state index contributed by atoms with van der Waals surface area (Å²) in [7, 11) is -3.63. The Hall–Kier alpha value is -3.07. The molecule has 1 amide bonds. The summed E-state index contributed by atoms with van der Waals surface area (Å²) in [6.07, 6.45) is 0.592. The van der Waals surface area contributed by atoms with Crippen LogP contribution in [0, 0.1) is 5.92 Å². The lowest BCUT2D eigenvalue weighted by Gasteiger charge is -2.24. The van der Waals surface area contributed by atoms with Gasteiger partial charge in [-0.1, -0.05) is 42.5 Å². The van der Waals surface area contributed by atoms with Crippen molar-refractivity contribution in [3.8, 4) is 5.75 Å². The van der Waals surface area contributed by atoms with Crippen molar-refractivity contribution in [3.05, 3.63) is 65.7 Å². The maximum atomic E-state index is 12.7. The van der Waals surface area contributed by atoms with Gasteiger partial charge in [0.1, 0.15) is 18.0 Å². The van der Waals surface area contributed by atoms with Crippen molar-refractivity contribution < 1.29 is 31.7 Å². The minimum Gasteiger partial charge on any atom is -0.460 e. The molecule has 8 nitrogen and oxygen atoms in total. The van der Waals surface area contributed by atoms with Gasteiger partial charge >= 0.3 is 22.2 Å². The summed E-state index contributed by atoms with van der Waals surface area (Å²) in [5.41, 5.74) is 0.917. The van der Waals surface area contributed by atoms with Crippen molar-refractivity contribution in [2.45, 2.75) is 39.4 Å². The molecule has 2 rings (SSSR count). The van der Waals surface area contributed by atoms with Gasteiger partial charge in [-0.25, -0.2) is 4.79 Å². The highest BCUT2D eigenvalue weighted by Crippen LogP contribution is 2.19. The number of rotatable bonds is 9. The van der Waals surface area contributed by atoms with Gasteiger partial charge in [-0.05, 0) is 50.5 Å². The van der Waals surface area contributed by atoms with Gasteiger partial charge in [0.05, 0.1) is 12.2 Å². The van der Waals surface area contributed by atoms with E-state index < -0.39 is 33.7 Å². The predicted octanol–water partition coefficient (Wildman–Crippen LogP) is 3.45. The third-order valence-electron chi connectivity index (χ3n) is 4.10. The van der Waals surface area contributed by atoms with E-state index in [1.807, 2.05) is 30.3 Å². The second kappa shape index (κ2) is 11.0. The highest BCUT2D eigenvalue weighted by molar-refractivity contribution is 7.86. The van der Waals surface area contributed by atoms with Gasteiger partial charge in [0, 0.05) is 6.54 Å². The minimum absolute atomic E-state index is 0.0180. The van der Waals surface area contributed by atoms with Crippen LogP contribution in [0.3, 0.4) is 0 Å². The van der Waals surface area contributed by atoms with Crippen LogP contribution in [0.4, 0.5) is 4.79 Å². The molecule has 0 heterocycles. The van der Waals surface area contributed by atoms with Crippen LogP contribution in [0.1, 0.15) is 31.9 Å². The van der Waals surface area contributed by atoms with Crippen LogP contribution < -0.4 is 9.50 Å². The van der Waals surface area contributed by atoms with E-state index in [1.54, 1.807) is 32.9 Å². The first kappa shape index (κ1) is 25.2. The smallest absolute Gasteiger partial charge is 0.407 e. The largest absolute Gasteiger partial charge is 0.460 e. The fraction of sp³-hybridized carbons (Fsp3) is 0.391. The Morgan fingerprint density at radius 1 is 0.969 bits per heavy atom. The Labute approximate surface area is 189 Å². The van der Waals surface area contributed by atoms with Crippen molar-refractivity contribution >= 4 is 22.2 Å². The summed E-state index contributed by atoms with van der Waals surface area (Å²) < 4.78 is 38.0. The first-order chi connectivity index (χ1) is 14.9. The van der Waals surface area contributed by atoms with Crippen LogP contribution in [0.5, 0.6) is 5.75 Å². The number of carbonyl (C=O) groups excluding carboxylic acids is 2. The second-order valence-corrected chi connectivity index (χ2v) is 9.88. The highest BCUT2D eigenvalue weighted by Gasteiger charge is 2.26. The average molecular weight is 464 g/mol. The topological polar surface area (TPSA) is 108 Å². The Balaban J connectivity index is 2.00. The molecular formula is C23H29NO7S. The van der Waals surface area contributed by atoms with Crippen LogP contribution in [-0.2, 0) is 37.4 Å². The van der Waals surface area contributed by atoms with Crippen molar-refractivity contribution in [1.29, 1.82) is 0 Å². The molecule has 0 aliphatic rings. The molecule has 1 unspecified atom stereocenters. The van der Waals surface area contributed by atoms with Crippen molar-refractivity contribution in [2.75, 3.05) is 12.8 Å². The first-order valence-electron chi connectivity index (χ1n) is 10.1. The number of benzene rings is 2. The molecule has 1 N–H and O–H groups in total. The SMILES string of the molecule is CC(C)(C)OC(=O)C(CNC(=O)OCc1ccccc1)Cc1ccc(OS(C)(=O)=O)cc1. The van der Waals surface area contributed by atoms with E-state index in [0.29, 0.717) is 0 Å². The molecule has 0 spiro atoms. The number of hydrogen-bond acceptors (Lipinski definition) is 7. The molecule has 0 radical (unpaired) electrons. The Kier molecular flexibility index (Phi) is 8.65. The van der Waals surface area contributed by atoms with Gasteiger partial charge in [0.25, 0.3) is 0 Å². The van der Waals surface area contributed by atoms with E-state index in [-0.39, 0.29) is 25.3 Å². The molecule has 0 aliphatic carbocycles. The number of ether oxygens (including phenoxy) is 2. The molecule has 0 aromatic heterocycles. The monoisotopic (exact) mass is 463 g/mol. The van der Waals surface area contributed by atoms with E-state index in [9.17, 15) is 18.0 Å². The molecule has 0 aliphatic heterocycles. The molecule has 2 aromatic rings. The molecule has 2 aromatic carbocycles. The number of alkyl carbamates (subject to hydrolysis) is 1. The van der Waals surface area contributed by atoms with Crippen molar-refractivity contribution in [1.82, 2.24) is 5.32 Å². The maximum Gasteiger partial charge on any atom is 0.407 e. The summed E-state index contributed by atoms with van der Waals surface area (Å²) in [5, 5.41) is 2.62. The third kappa shape index (κ3) is 9.82. The van der Waals surface area contributed by atoms with E-state index in [4.69, 9.17) is 13.7 Å². The number of nitrogens with one attached hydrogen (secondary N) is 1. The molecule has 174 valence electrons. The van der Waals surface area contributed by atoms with Gasteiger partial charge in [0.2, 0.25) is 0 Å². The predicted molar refractivity (Wildman–Crippen MR) is 120 cm³/mol. The normalized spacial score (nSPS) is 12.5. The third-order valence-corrected chi connectivity index (χ3v) is 4.59. The molecular weight excluding hydrogens is 434 g/mol. The average Bonchev–Trinajstić information content (AvgIpc) is 2.69. The van der Waals surface area contributed by atoms with E-state index in [2.05, 4.69) is 5.32 Å². The zero-order valence-corrected chi connectivity index (χ0v) is 19.5. The lowest BCUT2D eigenvalue weighted by Crippen LogP contribution is -2.38. The van der Waals surface area contributed by atoms with Crippen LogP contribution in [0.2, 0.25) is 0 Å². The summed E-state index contributed by atoms with van der Waals surface area (Å²) in [6, 6.07) is 15.6. The number of amides is 1. The Bertz CT molecular complexity index is 997. The number of esters is 1. The number of carbonyl (C=O) groups is 2. The Morgan fingerprint density at radius 2 is 1.59 bits per heavy atom. The lowest BCUT2D eigenvalue weighted by atomic mass is 9.99. The van der Waals surface area contributed by atoms with Crippen LogP contribution in [-0.4, -0.2) is 38.9 Å². The molecule has 32 heavy (non-hydrogen) atoms. The number of hydrogen-bond donors (Lipinski definition) is 1. The molecule has 1 atom stereocenters. The standard InChI is InChI=1S/C23H29NO7S/c1-23(2,3)30-21(25)19(14-17-10-12-20(13-11-17)31-32(4,27)28)15-24-22(26)29-16-18-8-6-5-7-9-18/h5-13,19H,14-16H2,1-4H3,(H,24,26). The van der Waals surface area contributed by atoms with Gasteiger partial charge in [0.15, 0.2) is 0 Å². The quantitative estimate of drug-likeness (QED) is 0.448. The molecule has 0 fully saturated rings. The van der Waals surface area contributed by atoms with Gasteiger partial charge < -0.3 is 19.0 Å². The Morgan fingerprint density at radius 3 is 2.16 bits per heavy atom. The zero-order chi connectivity index (χ0) is 23.8. The first-order valence-corrected chi connectivity index (χ1v) is 11.9. The summed E-state index contributed by atoms with van der Waals surface area (Å²) in [6.45, 7) is 5.43. The van der Waals surface area contributed by atoms with E-state index >= 15 is 0 Å². The van der Waals surface area contributed by atoms with Crippen molar-refractivity contribution in [3.63, 3.8) is 0 Å². The second-order valence-electron chi connectivity index (χ2n) is 8.31. The highest BCUT2D eigenvalue weighted by atomic mass is 32.2.